The lowest BCUT2D eigenvalue weighted by Crippen LogP contribution is -2.37. The minimum atomic E-state index is -4.40. The van der Waals surface area contributed by atoms with E-state index >= 15 is 0 Å². The molecule has 10 heteroatoms. The Morgan fingerprint density at radius 3 is 2.64 bits per heavy atom. The van der Waals surface area contributed by atoms with Crippen LogP contribution in [-0.2, 0) is 19.1 Å². The monoisotopic (exact) mass is 416 g/mol. The van der Waals surface area contributed by atoms with E-state index < -0.39 is 11.9 Å². The molecular formula is C18H23F3N4O2S. The fourth-order valence-corrected chi connectivity index (χ4v) is 3.15. The van der Waals surface area contributed by atoms with Crippen LogP contribution in [0.5, 0.6) is 11.5 Å². The average molecular weight is 416 g/mol. The van der Waals surface area contributed by atoms with Crippen LogP contribution in [0.3, 0.4) is 0 Å². The molecule has 0 saturated heterocycles. The van der Waals surface area contributed by atoms with Crippen molar-refractivity contribution in [3.8, 4) is 11.5 Å². The number of thiazole rings is 1. The Morgan fingerprint density at radius 1 is 1.25 bits per heavy atom. The molecule has 2 rings (SSSR count). The van der Waals surface area contributed by atoms with E-state index in [1.807, 2.05) is 25.1 Å². The minimum absolute atomic E-state index is 0.373. The van der Waals surface area contributed by atoms with Gasteiger partial charge in [-0.25, -0.2) is 4.98 Å². The van der Waals surface area contributed by atoms with Crippen LogP contribution in [0.4, 0.5) is 13.2 Å². The lowest BCUT2D eigenvalue weighted by Gasteiger charge is -2.13. The molecule has 154 valence electrons. The Hall–Kier alpha value is -2.49. The number of nitrogens with zero attached hydrogens (tertiary/aromatic N) is 2. The molecule has 6 nitrogen and oxygen atoms in total. The van der Waals surface area contributed by atoms with E-state index in [4.69, 9.17) is 9.47 Å². The van der Waals surface area contributed by atoms with E-state index in [9.17, 15) is 13.2 Å². The van der Waals surface area contributed by atoms with Gasteiger partial charge in [-0.05, 0) is 24.6 Å². The number of aliphatic imine (C=N–C) groups is 1. The van der Waals surface area contributed by atoms with E-state index in [0.29, 0.717) is 48.6 Å². The van der Waals surface area contributed by atoms with Crippen LogP contribution in [0.1, 0.15) is 23.2 Å². The van der Waals surface area contributed by atoms with Gasteiger partial charge in [-0.2, -0.15) is 13.2 Å². The summed E-state index contributed by atoms with van der Waals surface area (Å²) in [7, 11) is 3.21. The fourth-order valence-electron chi connectivity index (χ4n) is 2.35. The summed E-state index contributed by atoms with van der Waals surface area (Å²) in [6.07, 6.45) is -4.03. The molecule has 0 aliphatic rings. The third-order valence-electron chi connectivity index (χ3n) is 3.68. The predicted octanol–water partition coefficient (Wildman–Crippen LogP) is 3.48. The maximum absolute atomic E-state index is 12.6. The van der Waals surface area contributed by atoms with E-state index in [1.165, 1.54) is 0 Å². The van der Waals surface area contributed by atoms with E-state index in [1.54, 1.807) is 14.2 Å². The van der Waals surface area contributed by atoms with Crippen LogP contribution in [0.2, 0.25) is 0 Å². The van der Waals surface area contributed by atoms with Gasteiger partial charge in [-0.3, -0.25) is 4.99 Å². The number of ether oxygens (including phenoxy) is 2. The van der Waals surface area contributed by atoms with Crippen LogP contribution in [0, 0.1) is 0 Å². The van der Waals surface area contributed by atoms with E-state index in [2.05, 4.69) is 20.6 Å². The van der Waals surface area contributed by atoms with Gasteiger partial charge in [0.2, 0.25) is 0 Å². The maximum Gasteiger partial charge on any atom is 0.434 e. The summed E-state index contributed by atoms with van der Waals surface area (Å²) in [6, 6.07) is 5.64. The van der Waals surface area contributed by atoms with E-state index in [0.717, 1.165) is 22.3 Å². The van der Waals surface area contributed by atoms with Crippen molar-refractivity contribution in [3.05, 3.63) is 39.8 Å². The van der Waals surface area contributed by atoms with Crippen LogP contribution < -0.4 is 20.1 Å². The number of methoxy groups -OCH3 is 1. The summed E-state index contributed by atoms with van der Waals surface area (Å²) < 4.78 is 48.5. The van der Waals surface area contributed by atoms with Crippen molar-refractivity contribution in [1.82, 2.24) is 15.6 Å². The van der Waals surface area contributed by atoms with Crippen molar-refractivity contribution in [2.45, 2.75) is 26.1 Å². The summed E-state index contributed by atoms with van der Waals surface area (Å²) >= 11 is 0.998. The number of halogens is 3. The second-order valence-corrected chi connectivity index (χ2v) is 6.59. The molecule has 0 fully saturated rings. The van der Waals surface area contributed by atoms with Crippen molar-refractivity contribution >= 4 is 17.3 Å². The molecule has 2 aromatic rings. The quantitative estimate of drug-likeness (QED) is 0.510. The van der Waals surface area contributed by atoms with Crippen molar-refractivity contribution < 1.29 is 22.6 Å². The molecule has 0 spiro atoms. The summed E-state index contributed by atoms with van der Waals surface area (Å²) in [4.78, 5) is 7.72. The first-order valence-corrected chi connectivity index (χ1v) is 9.51. The number of hydrogen-bond acceptors (Lipinski definition) is 5. The Balaban J connectivity index is 1.84. The zero-order valence-corrected chi connectivity index (χ0v) is 16.7. The summed E-state index contributed by atoms with van der Waals surface area (Å²) in [5.74, 6) is 1.87. The maximum atomic E-state index is 12.6. The van der Waals surface area contributed by atoms with Crippen molar-refractivity contribution in [2.24, 2.45) is 4.99 Å². The molecule has 2 N–H and O–H groups in total. The van der Waals surface area contributed by atoms with Gasteiger partial charge in [0.05, 0.1) is 18.7 Å². The Bertz CT molecular complexity index is 793. The molecule has 0 saturated carbocycles. The normalized spacial score (nSPS) is 12.0. The number of hydrogen-bond donors (Lipinski definition) is 2. The first-order chi connectivity index (χ1) is 13.4. The number of aromatic nitrogens is 1. The lowest BCUT2D eigenvalue weighted by molar-refractivity contribution is -0.140. The zero-order chi connectivity index (χ0) is 20.6. The molecule has 0 aliphatic carbocycles. The molecule has 0 unspecified atom stereocenters. The van der Waals surface area contributed by atoms with Gasteiger partial charge in [0.25, 0.3) is 0 Å². The highest BCUT2D eigenvalue weighted by Crippen LogP contribution is 2.30. The molecule has 0 bridgehead atoms. The molecule has 1 aromatic carbocycles. The SMILES string of the molecule is CCOc1ccc(CNC(=NC)NCCc2nc(C(F)(F)F)cs2)cc1OC. The fraction of sp³-hybridized carbons (Fsp3) is 0.444. The highest BCUT2D eigenvalue weighted by atomic mass is 32.1. The third kappa shape index (κ3) is 6.29. The second kappa shape index (κ2) is 10.2. The molecule has 1 heterocycles. The van der Waals surface area contributed by atoms with Crippen molar-refractivity contribution in [2.75, 3.05) is 27.3 Å². The first kappa shape index (κ1) is 21.8. The zero-order valence-electron chi connectivity index (χ0n) is 15.9. The molecule has 0 amide bonds. The third-order valence-corrected chi connectivity index (χ3v) is 4.59. The smallest absolute Gasteiger partial charge is 0.434 e. The standard InChI is InChI=1S/C18H23F3N4O2S/c1-4-27-13-6-5-12(9-14(13)26-3)10-24-17(22-2)23-8-7-16-25-15(11-28-16)18(19,20)21/h5-6,9,11H,4,7-8,10H2,1-3H3,(H2,22,23,24). The van der Waals surface area contributed by atoms with Gasteiger partial charge >= 0.3 is 6.18 Å². The Labute approximate surface area is 165 Å². The Morgan fingerprint density at radius 2 is 2.04 bits per heavy atom. The number of guanidine groups is 1. The first-order valence-electron chi connectivity index (χ1n) is 8.63. The average Bonchev–Trinajstić information content (AvgIpc) is 3.15. The Kier molecular flexibility index (Phi) is 7.91. The van der Waals surface area contributed by atoms with Gasteiger partial charge in [0.1, 0.15) is 0 Å². The molecule has 0 aliphatic heterocycles. The molecule has 28 heavy (non-hydrogen) atoms. The highest BCUT2D eigenvalue weighted by molar-refractivity contribution is 7.09. The number of rotatable bonds is 8. The van der Waals surface area contributed by atoms with Crippen LogP contribution in [0.25, 0.3) is 0 Å². The predicted molar refractivity (Wildman–Crippen MR) is 103 cm³/mol. The van der Waals surface area contributed by atoms with Gasteiger partial charge in [0.15, 0.2) is 23.2 Å². The van der Waals surface area contributed by atoms with Crippen molar-refractivity contribution in [3.63, 3.8) is 0 Å². The lowest BCUT2D eigenvalue weighted by atomic mass is 10.2. The minimum Gasteiger partial charge on any atom is -0.493 e. The molecular weight excluding hydrogens is 393 g/mol. The molecule has 0 atom stereocenters. The summed E-state index contributed by atoms with van der Waals surface area (Å²) in [5.41, 5.74) is 0.123. The number of alkyl halides is 3. The molecule has 0 radical (unpaired) electrons. The van der Waals surface area contributed by atoms with Crippen LogP contribution >= 0.6 is 11.3 Å². The second-order valence-electron chi connectivity index (χ2n) is 5.65. The highest BCUT2D eigenvalue weighted by Gasteiger charge is 2.33. The van der Waals surface area contributed by atoms with Gasteiger partial charge in [-0.1, -0.05) is 6.07 Å². The van der Waals surface area contributed by atoms with Gasteiger partial charge in [-0.15, -0.1) is 11.3 Å². The number of benzene rings is 1. The number of nitrogens with one attached hydrogen (secondary N) is 2. The topological polar surface area (TPSA) is 67.8 Å². The summed E-state index contributed by atoms with van der Waals surface area (Å²) in [6.45, 7) is 3.36. The van der Waals surface area contributed by atoms with Gasteiger partial charge < -0.3 is 20.1 Å². The van der Waals surface area contributed by atoms with Crippen LogP contribution in [-0.4, -0.2) is 38.3 Å². The van der Waals surface area contributed by atoms with Crippen LogP contribution in [0.15, 0.2) is 28.6 Å². The van der Waals surface area contributed by atoms with E-state index in [-0.39, 0.29) is 0 Å². The van der Waals surface area contributed by atoms with Gasteiger partial charge in [0, 0.05) is 31.9 Å². The largest absolute Gasteiger partial charge is 0.493 e. The van der Waals surface area contributed by atoms with Crippen molar-refractivity contribution in [1.29, 1.82) is 0 Å². The molecule has 1 aromatic heterocycles. The summed E-state index contributed by atoms with van der Waals surface area (Å²) in [5, 5.41) is 7.67.